The van der Waals surface area contributed by atoms with Crippen molar-refractivity contribution in [1.82, 2.24) is 10.2 Å². The van der Waals surface area contributed by atoms with Gasteiger partial charge in [-0.05, 0) is 34.6 Å². The topological polar surface area (TPSA) is 84.7 Å². The van der Waals surface area contributed by atoms with Crippen LogP contribution in [0.5, 0.6) is 0 Å². The minimum Gasteiger partial charge on any atom is -0.444 e. The largest absolute Gasteiger partial charge is 0.444 e. The molecule has 0 heterocycles. The van der Waals surface area contributed by atoms with E-state index < -0.39 is 11.5 Å². The molecule has 0 aromatic carbocycles. The van der Waals surface area contributed by atoms with E-state index in [2.05, 4.69) is 5.32 Å². The summed E-state index contributed by atoms with van der Waals surface area (Å²) in [4.78, 5) is 24.1. The fraction of sp³-hybridized carbons (Fsp3) is 0.833. The second kappa shape index (κ2) is 7.20. The lowest BCUT2D eigenvalue weighted by atomic mass is 10.2. The minimum absolute atomic E-state index is 0.0372. The molecule has 0 radical (unpaired) electrons. The number of nitrogens with zero attached hydrogens (tertiary/aromatic N) is 1. The molecule has 0 aliphatic rings. The van der Waals surface area contributed by atoms with Gasteiger partial charge in [-0.25, -0.2) is 4.79 Å². The average Bonchev–Trinajstić information content (AvgIpc) is 2.12. The van der Waals surface area contributed by atoms with Crippen LogP contribution in [0.25, 0.3) is 0 Å². The Morgan fingerprint density at radius 2 is 1.89 bits per heavy atom. The molecule has 0 fully saturated rings. The Hall–Kier alpha value is -1.30. The molecule has 0 atom stereocenters. The van der Waals surface area contributed by atoms with Gasteiger partial charge in [0.1, 0.15) is 5.60 Å². The summed E-state index contributed by atoms with van der Waals surface area (Å²) in [6.45, 7) is 10.4. The van der Waals surface area contributed by atoms with Gasteiger partial charge in [-0.1, -0.05) is 0 Å². The zero-order valence-electron chi connectivity index (χ0n) is 11.9. The van der Waals surface area contributed by atoms with Crippen LogP contribution in [-0.2, 0) is 9.53 Å². The van der Waals surface area contributed by atoms with E-state index in [0.29, 0.717) is 13.1 Å². The van der Waals surface area contributed by atoms with Crippen LogP contribution in [0.3, 0.4) is 0 Å². The Morgan fingerprint density at radius 3 is 2.28 bits per heavy atom. The third-order valence-electron chi connectivity index (χ3n) is 2.08. The fourth-order valence-corrected chi connectivity index (χ4v) is 1.29. The van der Waals surface area contributed by atoms with Gasteiger partial charge in [-0.15, -0.1) is 0 Å². The monoisotopic (exact) mass is 259 g/mol. The van der Waals surface area contributed by atoms with E-state index in [0.717, 1.165) is 0 Å². The molecule has 0 unspecified atom stereocenters. The summed E-state index contributed by atoms with van der Waals surface area (Å²) in [5.41, 5.74) is 4.50. The van der Waals surface area contributed by atoms with Crippen LogP contribution in [-0.4, -0.2) is 48.2 Å². The number of amides is 2. The van der Waals surface area contributed by atoms with Gasteiger partial charge in [-0.3, -0.25) is 4.79 Å². The molecule has 0 saturated heterocycles. The van der Waals surface area contributed by atoms with Crippen LogP contribution in [0, 0.1) is 0 Å². The van der Waals surface area contributed by atoms with Gasteiger partial charge in [0, 0.05) is 19.1 Å². The summed E-state index contributed by atoms with van der Waals surface area (Å²) in [7, 11) is 0. The molecule has 0 saturated carbocycles. The van der Waals surface area contributed by atoms with E-state index >= 15 is 0 Å². The van der Waals surface area contributed by atoms with Gasteiger partial charge in [0.2, 0.25) is 5.91 Å². The average molecular weight is 259 g/mol. The lowest BCUT2D eigenvalue weighted by Crippen LogP contribution is -2.44. The van der Waals surface area contributed by atoms with Crippen molar-refractivity contribution in [2.75, 3.05) is 19.6 Å². The molecule has 0 aliphatic carbocycles. The highest BCUT2D eigenvalue weighted by molar-refractivity contribution is 5.75. The maximum atomic E-state index is 11.9. The van der Waals surface area contributed by atoms with Gasteiger partial charge in [0.15, 0.2) is 0 Å². The van der Waals surface area contributed by atoms with Crippen LogP contribution in [0.15, 0.2) is 0 Å². The van der Waals surface area contributed by atoms with Crippen molar-refractivity contribution in [3.05, 3.63) is 0 Å². The molecule has 6 heteroatoms. The maximum absolute atomic E-state index is 11.9. The van der Waals surface area contributed by atoms with Crippen molar-refractivity contribution in [2.24, 2.45) is 5.73 Å². The molecule has 3 N–H and O–H groups in total. The van der Waals surface area contributed by atoms with Crippen molar-refractivity contribution in [3.63, 3.8) is 0 Å². The summed E-state index contributed by atoms with van der Waals surface area (Å²) in [6, 6.07) is 0.0372. The van der Waals surface area contributed by atoms with Crippen LogP contribution in [0.2, 0.25) is 0 Å². The standard InChI is InChI=1S/C12H25N3O3/c1-9(2)15(7-6-14-8-10(13)16)11(17)18-12(3,4)5/h9,14H,6-8H2,1-5H3,(H2,13,16). The minimum atomic E-state index is -0.509. The van der Waals surface area contributed by atoms with Gasteiger partial charge in [0.25, 0.3) is 0 Å². The highest BCUT2D eigenvalue weighted by Crippen LogP contribution is 2.11. The Kier molecular flexibility index (Phi) is 6.68. The number of rotatable bonds is 6. The predicted molar refractivity (Wildman–Crippen MR) is 70.1 cm³/mol. The fourth-order valence-electron chi connectivity index (χ4n) is 1.29. The number of hydrogen-bond acceptors (Lipinski definition) is 4. The van der Waals surface area contributed by atoms with Crippen molar-refractivity contribution in [3.8, 4) is 0 Å². The Morgan fingerprint density at radius 1 is 1.33 bits per heavy atom. The number of carbonyl (C=O) groups excluding carboxylic acids is 2. The summed E-state index contributed by atoms with van der Waals surface area (Å²) < 4.78 is 5.31. The Bertz CT molecular complexity index is 285. The van der Waals surface area contributed by atoms with E-state index in [1.165, 1.54) is 0 Å². The third kappa shape index (κ3) is 7.89. The van der Waals surface area contributed by atoms with Gasteiger partial charge < -0.3 is 20.7 Å². The zero-order chi connectivity index (χ0) is 14.3. The molecule has 106 valence electrons. The second-order valence-corrected chi connectivity index (χ2v) is 5.41. The second-order valence-electron chi connectivity index (χ2n) is 5.41. The van der Waals surface area contributed by atoms with Gasteiger partial charge >= 0.3 is 6.09 Å². The first kappa shape index (κ1) is 16.7. The van der Waals surface area contributed by atoms with E-state index in [1.54, 1.807) is 4.90 Å². The molecule has 0 aromatic rings. The smallest absolute Gasteiger partial charge is 0.410 e. The summed E-state index contributed by atoms with van der Waals surface area (Å²) >= 11 is 0. The SMILES string of the molecule is CC(C)N(CCNCC(N)=O)C(=O)OC(C)(C)C. The number of nitrogens with one attached hydrogen (secondary N) is 1. The zero-order valence-corrected chi connectivity index (χ0v) is 11.9. The van der Waals surface area contributed by atoms with E-state index in [-0.39, 0.29) is 18.7 Å². The number of carbonyl (C=O) groups is 2. The molecule has 18 heavy (non-hydrogen) atoms. The number of primary amides is 1. The number of nitrogens with two attached hydrogens (primary N) is 1. The first-order valence-corrected chi connectivity index (χ1v) is 6.12. The van der Waals surface area contributed by atoms with Gasteiger partial charge in [-0.2, -0.15) is 0 Å². The normalized spacial score (nSPS) is 11.4. The predicted octanol–water partition coefficient (Wildman–Crippen LogP) is 0.707. The number of ether oxygens (including phenoxy) is 1. The van der Waals surface area contributed by atoms with E-state index in [4.69, 9.17) is 10.5 Å². The van der Waals surface area contributed by atoms with Crippen LogP contribution < -0.4 is 11.1 Å². The van der Waals surface area contributed by atoms with Crippen LogP contribution in [0.1, 0.15) is 34.6 Å². The van der Waals surface area contributed by atoms with E-state index in [9.17, 15) is 9.59 Å². The summed E-state index contributed by atoms with van der Waals surface area (Å²) in [6.07, 6.45) is -0.349. The molecular formula is C12H25N3O3. The maximum Gasteiger partial charge on any atom is 0.410 e. The Labute approximate surface area is 109 Å². The molecule has 0 spiro atoms. The molecule has 2 amide bonds. The van der Waals surface area contributed by atoms with Crippen molar-refractivity contribution >= 4 is 12.0 Å². The molecule has 0 rings (SSSR count). The summed E-state index contributed by atoms with van der Waals surface area (Å²) in [5, 5.41) is 2.86. The van der Waals surface area contributed by atoms with Gasteiger partial charge in [0.05, 0.1) is 6.54 Å². The van der Waals surface area contributed by atoms with Crippen molar-refractivity contribution in [2.45, 2.75) is 46.3 Å². The molecule has 0 aliphatic heterocycles. The molecule has 0 bridgehead atoms. The third-order valence-corrected chi connectivity index (χ3v) is 2.08. The lowest BCUT2D eigenvalue weighted by molar-refractivity contribution is -0.117. The first-order chi connectivity index (χ1) is 8.13. The lowest BCUT2D eigenvalue weighted by Gasteiger charge is -2.30. The highest BCUT2D eigenvalue weighted by atomic mass is 16.6. The van der Waals surface area contributed by atoms with Crippen LogP contribution >= 0.6 is 0 Å². The van der Waals surface area contributed by atoms with E-state index in [1.807, 2.05) is 34.6 Å². The highest BCUT2D eigenvalue weighted by Gasteiger charge is 2.23. The molecule has 6 nitrogen and oxygen atoms in total. The van der Waals surface area contributed by atoms with Crippen molar-refractivity contribution in [1.29, 1.82) is 0 Å². The number of hydrogen-bond donors (Lipinski definition) is 2. The Balaban J connectivity index is 4.22. The first-order valence-electron chi connectivity index (χ1n) is 6.12. The molecule has 0 aromatic heterocycles. The quantitative estimate of drug-likeness (QED) is 0.688. The van der Waals surface area contributed by atoms with Crippen LogP contribution in [0.4, 0.5) is 4.79 Å². The summed E-state index contributed by atoms with van der Waals surface area (Å²) in [5.74, 6) is -0.414. The molecular weight excluding hydrogens is 234 g/mol. The van der Waals surface area contributed by atoms with Crippen molar-refractivity contribution < 1.29 is 14.3 Å².